The molecule has 0 radical (unpaired) electrons. The van der Waals surface area contributed by atoms with Crippen LogP contribution >= 0.6 is 0 Å². The fraction of sp³-hybridized carbons (Fsp3) is 0.556. The average molecular weight is 331 g/mol. The van der Waals surface area contributed by atoms with Gasteiger partial charge in [-0.2, -0.15) is 0 Å². The lowest BCUT2D eigenvalue weighted by atomic mass is 10.1. The molecule has 2 amide bonds. The minimum atomic E-state index is -0.250. The van der Waals surface area contributed by atoms with E-state index < -0.39 is 0 Å². The maximum atomic E-state index is 12.4. The second-order valence-corrected chi connectivity index (χ2v) is 6.41. The number of hydrogen-bond donors (Lipinski definition) is 1. The standard InChI is InChI=1S/C18H25N3O3/c1-2-21-13-15(11-17(21)22)18(23)19-16-5-3-4-14(10-16)12-20-6-8-24-9-7-20/h3-5,10,15H,2,6-9,11-13H2,1H3,(H,19,23)/t15-/m1/s1. The summed E-state index contributed by atoms with van der Waals surface area (Å²) >= 11 is 0. The smallest absolute Gasteiger partial charge is 0.229 e. The third-order valence-electron chi connectivity index (χ3n) is 4.67. The van der Waals surface area contributed by atoms with Crippen LogP contribution in [0.2, 0.25) is 0 Å². The molecule has 24 heavy (non-hydrogen) atoms. The molecule has 0 saturated carbocycles. The SMILES string of the molecule is CCN1C[C@H](C(=O)Nc2cccc(CN3CCOCC3)c2)CC1=O. The van der Waals surface area contributed by atoms with E-state index >= 15 is 0 Å². The van der Waals surface area contributed by atoms with Crippen molar-refractivity contribution in [2.75, 3.05) is 44.7 Å². The summed E-state index contributed by atoms with van der Waals surface area (Å²) in [6, 6.07) is 7.95. The van der Waals surface area contributed by atoms with Gasteiger partial charge in [-0.15, -0.1) is 0 Å². The monoisotopic (exact) mass is 331 g/mol. The first-order chi connectivity index (χ1) is 11.7. The van der Waals surface area contributed by atoms with Gasteiger partial charge in [0.1, 0.15) is 0 Å². The van der Waals surface area contributed by atoms with E-state index in [1.807, 2.05) is 25.1 Å². The van der Waals surface area contributed by atoms with Gasteiger partial charge in [-0.1, -0.05) is 12.1 Å². The molecule has 0 bridgehead atoms. The summed E-state index contributed by atoms with van der Waals surface area (Å²) in [5, 5.41) is 2.97. The number of nitrogens with one attached hydrogen (secondary N) is 1. The molecule has 130 valence electrons. The van der Waals surface area contributed by atoms with Crippen LogP contribution in [0.5, 0.6) is 0 Å². The van der Waals surface area contributed by atoms with Gasteiger partial charge in [0.05, 0.1) is 19.1 Å². The highest BCUT2D eigenvalue weighted by molar-refractivity contribution is 5.97. The number of carbonyl (C=O) groups is 2. The highest BCUT2D eigenvalue weighted by Gasteiger charge is 2.33. The molecule has 2 aliphatic rings. The van der Waals surface area contributed by atoms with Gasteiger partial charge in [0.25, 0.3) is 0 Å². The molecule has 1 atom stereocenters. The van der Waals surface area contributed by atoms with E-state index in [0.717, 1.165) is 38.5 Å². The second kappa shape index (κ2) is 7.77. The van der Waals surface area contributed by atoms with Crippen molar-refractivity contribution in [3.63, 3.8) is 0 Å². The molecule has 6 heteroatoms. The van der Waals surface area contributed by atoms with Crippen molar-refractivity contribution >= 4 is 17.5 Å². The Morgan fingerprint density at radius 1 is 1.33 bits per heavy atom. The molecule has 0 aliphatic carbocycles. The first kappa shape index (κ1) is 16.9. The minimum absolute atomic E-state index is 0.0668. The Labute approximate surface area is 142 Å². The number of rotatable bonds is 5. The molecule has 1 aromatic carbocycles. The average Bonchev–Trinajstić information content (AvgIpc) is 2.97. The molecule has 3 rings (SSSR count). The summed E-state index contributed by atoms with van der Waals surface area (Å²) in [5.74, 6) is -0.248. The predicted octanol–water partition coefficient (Wildman–Crippen LogP) is 1.33. The Balaban J connectivity index is 1.58. The van der Waals surface area contributed by atoms with E-state index in [1.54, 1.807) is 4.90 Å². The number of ether oxygens (including phenoxy) is 1. The van der Waals surface area contributed by atoms with Crippen LogP contribution < -0.4 is 5.32 Å². The van der Waals surface area contributed by atoms with Crippen molar-refractivity contribution in [2.24, 2.45) is 5.92 Å². The van der Waals surface area contributed by atoms with E-state index in [1.165, 1.54) is 5.56 Å². The van der Waals surface area contributed by atoms with Crippen LogP contribution in [-0.4, -0.2) is 61.0 Å². The van der Waals surface area contributed by atoms with E-state index in [-0.39, 0.29) is 17.7 Å². The quantitative estimate of drug-likeness (QED) is 0.884. The summed E-state index contributed by atoms with van der Waals surface area (Å²) in [5.41, 5.74) is 1.97. The second-order valence-electron chi connectivity index (χ2n) is 6.41. The summed E-state index contributed by atoms with van der Waals surface area (Å²) < 4.78 is 5.37. The van der Waals surface area contributed by atoms with Crippen LogP contribution in [-0.2, 0) is 20.9 Å². The molecular weight excluding hydrogens is 306 g/mol. The molecule has 2 saturated heterocycles. The van der Waals surface area contributed by atoms with Crippen molar-refractivity contribution in [1.29, 1.82) is 0 Å². The number of hydrogen-bond acceptors (Lipinski definition) is 4. The minimum Gasteiger partial charge on any atom is -0.379 e. The zero-order chi connectivity index (χ0) is 16.9. The molecule has 0 aromatic heterocycles. The summed E-state index contributed by atoms with van der Waals surface area (Å²) in [4.78, 5) is 28.3. The zero-order valence-electron chi connectivity index (χ0n) is 14.2. The first-order valence-electron chi connectivity index (χ1n) is 8.63. The number of carbonyl (C=O) groups excluding carboxylic acids is 2. The lowest BCUT2D eigenvalue weighted by Gasteiger charge is -2.26. The molecule has 2 fully saturated rings. The number of likely N-dealkylation sites (tertiary alicyclic amines) is 1. The van der Waals surface area contributed by atoms with Crippen molar-refractivity contribution in [3.05, 3.63) is 29.8 Å². The van der Waals surface area contributed by atoms with Crippen LogP contribution in [0.4, 0.5) is 5.69 Å². The summed E-state index contributed by atoms with van der Waals surface area (Å²) in [7, 11) is 0. The van der Waals surface area contributed by atoms with E-state index in [2.05, 4.69) is 16.3 Å². The highest BCUT2D eigenvalue weighted by Crippen LogP contribution is 2.20. The molecular formula is C18H25N3O3. The third kappa shape index (κ3) is 4.13. The Morgan fingerprint density at radius 3 is 2.83 bits per heavy atom. The Hall–Kier alpha value is -1.92. The molecule has 1 aromatic rings. The van der Waals surface area contributed by atoms with Gasteiger partial charge in [0, 0.05) is 44.8 Å². The number of benzene rings is 1. The molecule has 1 N–H and O–H groups in total. The Morgan fingerprint density at radius 2 is 2.12 bits per heavy atom. The van der Waals surface area contributed by atoms with Crippen LogP contribution in [0, 0.1) is 5.92 Å². The maximum Gasteiger partial charge on any atom is 0.229 e. The van der Waals surface area contributed by atoms with Gasteiger partial charge in [-0.3, -0.25) is 14.5 Å². The topological polar surface area (TPSA) is 61.9 Å². The third-order valence-corrected chi connectivity index (χ3v) is 4.67. The number of anilines is 1. The van der Waals surface area contributed by atoms with Gasteiger partial charge in [-0.05, 0) is 24.6 Å². The summed E-state index contributed by atoms with van der Waals surface area (Å²) in [6.07, 6.45) is 0.313. The van der Waals surface area contributed by atoms with Gasteiger partial charge < -0.3 is 15.0 Å². The predicted molar refractivity (Wildman–Crippen MR) is 91.5 cm³/mol. The van der Waals surface area contributed by atoms with Gasteiger partial charge >= 0.3 is 0 Å². The van der Waals surface area contributed by atoms with Crippen molar-refractivity contribution in [2.45, 2.75) is 19.9 Å². The van der Waals surface area contributed by atoms with Crippen LogP contribution in [0.15, 0.2) is 24.3 Å². The number of nitrogens with zero attached hydrogens (tertiary/aromatic N) is 2. The highest BCUT2D eigenvalue weighted by atomic mass is 16.5. The fourth-order valence-electron chi connectivity index (χ4n) is 3.26. The summed E-state index contributed by atoms with van der Waals surface area (Å²) in [6.45, 7) is 7.42. The molecule has 0 unspecified atom stereocenters. The van der Waals surface area contributed by atoms with Crippen molar-refractivity contribution in [1.82, 2.24) is 9.80 Å². The van der Waals surface area contributed by atoms with Crippen LogP contribution in [0.3, 0.4) is 0 Å². The van der Waals surface area contributed by atoms with Crippen LogP contribution in [0.1, 0.15) is 18.9 Å². The molecule has 2 heterocycles. The Kier molecular flexibility index (Phi) is 5.48. The van der Waals surface area contributed by atoms with E-state index in [4.69, 9.17) is 4.74 Å². The Bertz CT molecular complexity index is 599. The van der Waals surface area contributed by atoms with Gasteiger partial charge in [0.15, 0.2) is 0 Å². The van der Waals surface area contributed by atoms with Crippen molar-refractivity contribution < 1.29 is 14.3 Å². The van der Waals surface area contributed by atoms with Crippen molar-refractivity contribution in [3.8, 4) is 0 Å². The van der Waals surface area contributed by atoms with Crippen LogP contribution in [0.25, 0.3) is 0 Å². The fourth-order valence-corrected chi connectivity index (χ4v) is 3.26. The normalized spacial score (nSPS) is 22.0. The maximum absolute atomic E-state index is 12.4. The number of amides is 2. The lowest BCUT2D eigenvalue weighted by molar-refractivity contribution is -0.128. The first-order valence-corrected chi connectivity index (χ1v) is 8.63. The lowest BCUT2D eigenvalue weighted by Crippen LogP contribution is -2.35. The molecule has 0 spiro atoms. The zero-order valence-corrected chi connectivity index (χ0v) is 14.2. The largest absolute Gasteiger partial charge is 0.379 e. The van der Waals surface area contributed by atoms with E-state index in [0.29, 0.717) is 19.5 Å². The van der Waals surface area contributed by atoms with E-state index in [9.17, 15) is 9.59 Å². The number of morpholine rings is 1. The van der Waals surface area contributed by atoms with Gasteiger partial charge in [-0.25, -0.2) is 0 Å². The molecule has 2 aliphatic heterocycles. The van der Waals surface area contributed by atoms with Gasteiger partial charge in [0.2, 0.25) is 11.8 Å². The molecule has 6 nitrogen and oxygen atoms in total.